The van der Waals surface area contributed by atoms with Gasteiger partial charge in [0.25, 0.3) is 11.5 Å². The molecule has 0 atom stereocenters. The van der Waals surface area contributed by atoms with E-state index in [4.69, 9.17) is 4.98 Å². The fourth-order valence-corrected chi connectivity index (χ4v) is 5.27. The molecule has 1 amide bonds. The summed E-state index contributed by atoms with van der Waals surface area (Å²) in [6, 6.07) is 18.3. The lowest BCUT2D eigenvalue weighted by atomic mass is 10.1. The van der Waals surface area contributed by atoms with Crippen LogP contribution in [0.25, 0.3) is 21.8 Å². The molecular formula is C30H27FN4O3S. The van der Waals surface area contributed by atoms with Gasteiger partial charge in [-0.05, 0) is 47.9 Å². The number of aromatic amines is 1. The van der Waals surface area contributed by atoms with Crippen LogP contribution >= 0.6 is 11.8 Å². The highest BCUT2D eigenvalue weighted by Gasteiger charge is 2.18. The summed E-state index contributed by atoms with van der Waals surface area (Å²) in [5.41, 5.74) is 2.77. The summed E-state index contributed by atoms with van der Waals surface area (Å²) in [7, 11) is 0. The number of carbonyl (C=O) groups excluding carboxylic acids is 2. The normalized spacial score (nSPS) is 11.4. The molecule has 0 aliphatic carbocycles. The Hall–Kier alpha value is -4.24. The fraction of sp³-hybridized carbons (Fsp3) is 0.200. The van der Waals surface area contributed by atoms with Crippen molar-refractivity contribution in [3.63, 3.8) is 0 Å². The van der Waals surface area contributed by atoms with Crippen LogP contribution in [-0.4, -0.2) is 32.0 Å². The molecule has 0 bridgehead atoms. The molecule has 0 unspecified atom stereocenters. The molecule has 7 nitrogen and oxygen atoms in total. The second-order valence-electron chi connectivity index (χ2n) is 9.70. The Kier molecular flexibility index (Phi) is 7.60. The second-order valence-corrected chi connectivity index (χ2v) is 10.6. The average molecular weight is 543 g/mol. The summed E-state index contributed by atoms with van der Waals surface area (Å²) >= 11 is 1.21. The molecule has 198 valence electrons. The maximum Gasteiger partial charge on any atom is 0.262 e. The third-order valence-electron chi connectivity index (χ3n) is 6.32. The van der Waals surface area contributed by atoms with Gasteiger partial charge in [0.05, 0.1) is 16.7 Å². The molecule has 3 aromatic carbocycles. The largest absolute Gasteiger partial charge is 0.360 e. The standard InChI is InChI=1S/C30H27FN4O3S/c1-18(2)16-35-29(38)23-12-9-20(28(37)33-14-19-7-10-21(31)11-8-19)13-26(23)34-30(35)39-17-27(36)24-15-32-25-6-4-3-5-22(24)25/h3-13,15,18,32H,14,16-17H2,1-2H3,(H,33,37). The van der Waals surface area contributed by atoms with Gasteiger partial charge in [0.15, 0.2) is 10.9 Å². The van der Waals surface area contributed by atoms with Crippen molar-refractivity contribution >= 4 is 45.3 Å². The highest BCUT2D eigenvalue weighted by molar-refractivity contribution is 7.99. The van der Waals surface area contributed by atoms with Crippen molar-refractivity contribution in [2.75, 3.05) is 5.75 Å². The number of Topliss-reactive ketones (excluding diaryl/α,β-unsaturated/α-hetero) is 1. The molecule has 39 heavy (non-hydrogen) atoms. The Balaban J connectivity index is 1.41. The predicted octanol–water partition coefficient (Wildman–Crippen LogP) is 5.58. The highest BCUT2D eigenvalue weighted by Crippen LogP contribution is 2.24. The molecule has 0 radical (unpaired) electrons. The maximum absolute atomic E-state index is 13.4. The number of aromatic nitrogens is 3. The minimum atomic E-state index is -0.342. The summed E-state index contributed by atoms with van der Waals surface area (Å²) < 4.78 is 14.8. The summed E-state index contributed by atoms with van der Waals surface area (Å²) in [5.74, 6) is -0.460. The number of ketones is 1. The molecular weight excluding hydrogens is 515 g/mol. The van der Waals surface area contributed by atoms with Crippen molar-refractivity contribution in [1.29, 1.82) is 0 Å². The number of rotatable bonds is 9. The van der Waals surface area contributed by atoms with Gasteiger partial charge < -0.3 is 10.3 Å². The lowest BCUT2D eigenvalue weighted by molar-refractivity contribution is 0.0950. The molecule has 2 aromatic heterocycles. The van der Waals surface area contributed by atoms with Crippen LogP contribution < -0.4 is 10.9 Å². The number of nitrogens with one attached hydrogen (secondary N) is 2. The van der Waals surface area contributed by atoms with E-state index in [-0.39, 0.29) is 41.3 Å². The number of carbonyl (C=O) groups is 2. The van der Waals surface area contributed by atoms with Gasteiger partial charge in [-0.15, -0.1) is 0 Å². The van der Waals surface area contributed by atoms with E-state index in [1.807, 2.05) is 38.1 Å². The number of H-pyrrole nitrogens is 1. The van der Waals surface area contributed by atoms with Crippen LogP contribution in [0.4, 0.5) is 4.39 Å². The van der Waals surface area contributed by atoms with Crippen LogP contribution in [0.2, 0.25) is 0 Å². The topological polar surface area (TPSA) is 96.8 Å². The lowest BCUT2D eigenvalue weighted by Crippen LogP contribution is -2.26. The summed E-state index contributed by atoms with van der Waals surface area (Å²) in [4.78, 5) is 47.2. The zero-order valence-corrected chi connectivity index (χ0v) is 22.3. The van der Waals surface area contributed by atoms with Gasteiger partial charge in [0, 0.05) is 41.3 Å². The van der Waals surface area contributed by atoms with Gasteiger partial charge >= 0.3 is 0 Å². The van der Waals surface area contributed by atoms with E-state index < -0.39 is 0 Å². The molecule has 0 aliphatic heterocycles. The van der Waals surface area contributed by atoms with Crippen LogP contribution in [0.1, 0.15) is 40.1 Å². The zero-order chi connectivity index (χ0) is 27.5. The van der Waals surface area contributed by atoms with E-state index in [2.05, 4.69) is 10.3 Å². The molecule has 0 aliphatic rings. The Labute approximate surface area is 228 Å². The minimum Gasteiger partial charge on any atom is -0.360 e. The Morgan fingerprint density at radius 1 is 1.05 bits per heavy atom. The van der Waals surface area contributed by atoms with Gasteiger partial charge in [-0.3, -0.25) is 19.0 Å². The molecule has 0 saturated heterocycles. The smallest absolute Gasteiger partial charge is 0.262 e. The van der Waals surface area contributed by atoms with Crippen molar-refractivity contribution in [3.8, 4) is 0 Å². The first-order valence-electron chi connectivity index (χ1n) is 12.6. The maximum atomic E-state index is 13.4. The van der Waals surface area contributed by atoms with Crippen LogP contribution in [0.5, 0.6) is 0 Å². The predicted molar refractivity (Wildman–Crippen MR) is 152 cm³/mol. The Bertz CT molecular complexity index is 1740. The number of para-hydroxylation sites is 1. The zero-order valence-electron chi connectivity index (χ0n) is 21.5. The summed E-state index contributed by atoms with van der Waals surface area (Å²) in [6.45, 7) is 4.70. The molecule has 2 heterocycles. The number of hydrogen-bond donors (Lipinski definition) is 2. The quantitative estimate of drug-likeness (QED) is 0.144. The molecule has 5 rings (SSSR count). The van der Waals surface area contributed by atoms with Crippen LogP contribution in [-0.2, 0) is 13.1 Å². The number of hydrogen-bond acceptors (Lipinski definition) is 5. The van der Waals surface area contributed by atoms with Crippen LogP contribution in [0.3, 0.4) is 0 Å². The molecule has 0 spiro atoms. The average Bonchev–Trinajstić information content (AvgIpc) is 3.37. The molecule has 5 aromatic rings. The summed E-state index contributed by atoms with van der Waals surface area (Å²) in [6.07, 6.45) is 1.71. The number of amides is 1. The van der Waals surface area contributed by atoms with Crippen molar-refractivity contribution < 1.29 is 14.0 Å². The van der Waals surface area contributed by atoms with E-state index in [1.165, 1.54) is 23.9 Å². The van der Waals surface area contributed by atoms with E-state index in [9.17, 15) is 18.8 Å². The third-order valence-corrected chi connectivity index (χ3v) is 7.29. The fourth-order valence-electron chi connectivity index (χ4n) is 4.37. The van der Waals surface area contributed by atoms with Crippen molar-refractivity contribution in [1.82, 2.24) is 19.9 Å². The van der Waals surface area contributed by atoms with Gasteiger partial charge in [0.2, 0.25) is 0 Å². The SMILES string of the molecule is CC(C)Cn1c(SCC(=O)c2c[nH]c3ccccc23)nc2cc(C(=O)NCc3ccc(F)cc3)ccc2c1=O. The number of halogens is 1. The molecule has 0 saturated carbocycles. The van der Waals surface area contributed by atoms with Crippen molar-refractivity contribution in [3.05, 3.63) is 106 Å². The molecule has 2 N–H and O–H groups in total. The Morgan fingerprint density at radius 3 is 2.59 bits per heavy atom. The van der Waals surface area contributed by atoms with Crippen LogP contribution in [0.15, 0.2) is 82.9 Å². The van der Waals surface area contributed by atoms with Crippen molar-refractivity contribution in [2.45, 2.75) is 32.1 Å². The van der Waals surface area contributed by atoms with Crippen LogP contribution in [0, 0.1) is 11.7 Å². The number of nitrogens with zero attached hydrogens (tertiary/aromatic N) is 2. The first kappa shape index (κ1) is 26.4. The van der Waals surface area contributed by atoms with E-state index in [1.54, 1.807) is 41.1 Å². The number of fused-ring (bicyclic) bond motifs is 2. The van der Waals surface area contributed by atoms with Crippen molar-refractivity contribution in [2.24, 2.45) is 5.92 Å². The first-order valence-corrected chi connectivity index (χ1v) is 13.6. The van der Waals surface area contributed by atoms with Gasteiger partial charge in [0.1, 0.15) is 5.82 Å². The van der Waals surface area contributed by atoms with E-state index in [0.717, 1.165) is 16.5 Å². The van der Waals surface area contributed by atoms with Gasteiger partial charge in [-0.1, -0.05) is 55.9 Å². The Morgan fingerprint density at radius 2 is 1.82 bits per heavy atom. The second kappa shape index (κ2) is 11.2. The molecule has 0 fully saturated rings. The van der Waals surface area contributed by atoms with E-state index in [0.29, 0.717) is 33.7 Å². The van der Waals surface area contributed by atoms with Gasteiger partial charge in [-0.25, -0.2) is 9.37 Å². The van der Waals surface area contributed by atoms with Gasteiger partial charge in [-0.2, -0.15) is 0 Å². The highest BCUT2D eigenvalue weighted by atomic mass is 32.2. The summed E-state index contributed by atoms with van der Waals surface area (Å²) in [5, 5.41) is 4.49. The number of thioether (sulfide) groups is 1. The minimum absolute atomic E-state index is 0.0724. The lowest BCUT2D eigenvalue weighted by Gasteiger charge is -2.15. The third kappa shape index (κ3) is 5.78. The number of benzene rings is 3. The monoisotopic (exact) mass is 542 g/mol. The molecule has 9 heteroatoms. The first-order chi connectivity index (χ1) is 18.8. The van der Waals surface area contributed by atoms with E-state index >= 15 is 0 Å².